The number of nitrogens with zero attached hydrogens (tertiary/aromatic N) is 2. The molecule has 0 atom stereocenters. The highest BCUT2D eigenvalue weighted by atomic mass is 79.9. The lowest BCUT2D eigenvalue weighted by Crippen LogP contribution is -2.44. The van der Waals surface area contributed by atoms with Crippen molar-refractivity contribution in [2.24, 2.45) is 0 Å². The highest BCUT2D eigenvalue weighted by molar-refractivity contribution is 9.11. The number of rotatable bonds is 2. The molecule has 0 aromatic carbocycles. The Balaban J connectivity index is 1.99. The van der Waals surface area contributed by atoms with Crippen LogP contribution in [0.4, 0.5) is 0 Å². The Morgan fingerprint density at radius 1 is 1.44 bits per heavy atom. The lowest BCUT2D eigenvalue weighted by atomic mass is 10.2. The van der Waals surface area contributed by atoms with Gasteiger partial charge < -0.3 is 0 Å². The molecule has 0 spiro atoms. The standard InChI is InChI=1S/C10H14BrN3OS/c1-7-8(16-10(11)12-7)9(15)13-14-5-3-2-4-6-14/h2-6H2,1H3,(H,13,15). The van der Waals surface area contributed by atoms with Crippen LogP contribution in [0.15, 0.2) is 3.92 Å². The zero-order valence-electron chi connectivity index (χ0n) is 9.12. The third kappa shape index (κ3) is 2.81. The lowest BCUT2D eigenvalue weighted by molar-refractivity contribution is 0.0753. The van der Waals surface area contributed by atoms with Crippen LogP contribution in [0, 0.1) is 6.92 Å². The molecule has 0 aliphatic carbocycles. The molecule has 1 amide bonds. The molecule has 0 unspecified atom stereocenters. The van der Waals surface area contributed by atoms with Crippen LogP contribution >= 0.6 is 27.3 Å². The molecular weight excluding hydrogens is 290 g/mol. The maximum Gasteiger partial charge on any atom is 0.277 e. The molecule has 1 aliphatic rings. The number of amides is 1. The monoisotopic (exact) mass is 303 g/mol. The maximum atomic E-state index is 11.9. The number of hydrogen-bond donors (Lipinski definition) is 1. The van der Waals surface area contributed by atoms with Crippen LogP contribution in [0.5, 0.6) is 0 Å². The first-order valence-electron chi connectivity index (χ1n) is 5.35. The van der Waals surface area contributed by atoms with Crippen molar-refractivity contribution in [3.05, 3.63) is 14.5 Å². The number of aryl methyl sites for hydroxylation is 1. The molecule has 1 fully saturated rings. The van der Waals surface area contributed by atoms with Gasteiger partial charge in [-0.25, -0.2) is 9.99 Å². The molecule has 1 aromatic heterocycles. The summed E-state index contributed by atoms with van der Waals surface area (Å²) in [4.78, 5) is 16.8. The van der Waals surface area contributed by atoms with E-state index in [9.17, 15) is 4.79 Å². The Bertz CT molecular complexity index is 387. The Hall–Kier alpha value is -0.460. The highest BCUT2D eigenvalue weighted by Crippen LogP contribution is 2.22. The summed E-state index contributed by atoms with van der Waals surface area (Å²) in [5, 5.41) is 2.00. The number of thiazole rings is 1. The van der Waals surface area contributed by atoms with Crippen LogP contribution < -0.4 is 5.43 Å². The lowest BCUT2D eigenvalue weighted by Gasteiger charge is -2.26. The van der Waals surface area contributed by atoms with Crippen LogP contribution in [-0.2, 0) is 0 Å². The number of aromatic nitrogens is 1. The average molecular weight is 304 g/mol. The second-order valence-electron chi connectivity index (χ2n) is 3.87. The first-order valence-corrected chi connectivity index (χ1v) is 6.96. The summed E-state index contributed by atoms with van der Waals surface area (Å²) in [6, 6.07) is 0. The van der Waals surface area contributed by atoms with Crippen molar-refractivity contribution < 1.29 is 4.79 Å². The summed E-state index contributed by atoms with van der Waals surface area (Å²) in [7, 11) is 0. The Morgan fingerprint density at radius 3 is 2.69 bits per heavy atom. The van der Waals surface area contributed by atoms with Crippen molar-refractivity contribution in [1.82, 2.24) is 15.4 Å². The van der Waals surface area contributed by atoms with Crippen molar-refractivity contribution in [3.8, 4) is 0 Å². The van der Waals surface area contributed by atoms with Gasteiger partial charge in [-0.1, -0.05) is 6.42 Å². The van der Waals surface area contributed by atoms with Gasteiger partial charge in [-0.3, -0.25) is 10.2 Å². The topological polar surface area (TPSA) is 45.2 Å². The number of hydrogen-bond acceptors (Lipinski definition) is 4. The minimum absolute atomic E-state index is 0.0393. The molecule has 1 N–H and O–H groups in total. The van der Waals surface area contributed by atoms with Crippen molar-refractivity contribution >= 4 is 33.2 Å². The molecule has 0 radical (unpaired) electrons. The molecule has 2 rings (SSSR count). The smallest absolute Gasteiger partial charge is 0.277 e. The van der Waals surface area contributed by atoms with Gasteiger partial charge in [0.25, 0.3) is 5.91 Å². The number of hydrazine groups is 1. The second-order valence-corrected chi connectivity index (χ2v) is 6.15. The summed E-state index contributed by atoms with van der Waals surface area (Å²) in [5.41, 5.74) is 3.72. The van der Waals surface area contributed by atoms with E-state index in [4.69, 9.17) is 0 Å². The SMILES string of the molecule is Cc1nc(Br)sc1C(=O)NN1CCCCC1. The predicted molar refractivity (Wildman–Crippen MR) is 67.4 cm³/mol. The predicted octanol–water partition coefficient (Wildman–Crippen LogP) is 2.34. The van der Waals surface area contributed by atoms with Crippen molar-refractivity contribution in [2.75, 3.05) is 13.1 Å². The molecule has 0 saturated carbocycles. The van der Waals surface area contributed by atoms with E-state index in [1.807, 2.05) is 11.9 Å². The van der Waals surface area contributed by atoms with Crippen molar-refractivity contribution in [2.45, 2.75) is 26.2 Å². The van der Waals surface area contributed by atoms with Crippen molar-refractivity contribution in [3.63, 3.8) is 0 Å². The third-order valence-electron chi connectivity index (χ3n) is 2.59. The fraction of sp³-hybridized carbons (Fsp3) is 0.600. The van der Waals surface area contributed by atoms with Crippen LogP contribution in [-0.4, -0.2) is 29.0 Å². The third-order valence-corrected chi connectivity index (χ3v) is 4.20. The second kappa shape index (κ2) is 5.25. The van der Waals surface area contributed by atoms with E-state index in [2.05, 4.69) is 26.3 Å². The van der Waals surface area contributed by atoms with E-state index >= 15 is 0 Å². The first-order chi connectivity index (χ1) is 7.66. The Labute approximate surface area is 107 Å². The molecular formula is C10H14BrN3OS. The van der Waals surface area contributed by atoms with E-state index in [0.29, 0.717) is 4.88 Å². The minimum atomic E-state index is -0.0393. The van der Waals surface area contributed by atoms with E-state index < -0.39 is 0 Å². The van der Waals surface area contributed by atoms with Gasteiger partial charge in [-0.15, -0.1) is 11.3 Å². The molecule has 2 heterocycles. The van der Waals surface area contributed by atoms with Gasteiger partial charge in [-0.2, -0.15) is 0 Å². The summed E-state index contributed by atoms with van der Waals surface area (Å²) in [5.74, 6) is -0.0393. The first kappa shape index (κ1) is 12.0. The van der Waals surface area contributed by atoms with Gasteiger partial charge in [0, 0.05) is 13.1 Å². The van der Waals surface area contributed by atoms with E-state index in [1.165, 1.54) is 17.8 Å². The molecule has 88 valence electrons. The molecule has 4 nitrogen and oxygen atoms in total. The summed E-state index contributed by atoms with van der Waals surface area (Å²) in [6.45, 7) is 3.75. The molecule has 1 aliphatic heterocycles. The zero-order chi connectivity index (χ0) is 11.5. The number of carbonyl (C=O) groups is 1. The largest absolute Gasteiger partial charge is 0.284 e. The maximum absolute atomic E-state index is 11.9. The van der Waals surface area contributed by atoms with Gasteiger partial charge in [0.05, 0.1) is 5.69 Å². The van der Waals surface area contributed by atoms with Gasteiger partial charge in [0.15, 0.2) is 3.92 Å². The van der Waals surface area contributed by atoms with Crippen LogP contribution in [0.3, 0.4) is 0 Å². The van der Waals surface area contributed by atoms with Crippen LogP contribution in [0.1, 0.15) is 34.6 Å². The number of carbonyl (C=O) groups excluding carboxylic acids is 1. The molecule has 1 saturated heterocycles. The van der Waals surface area contributed by atoms with Gasteiger partial charge >= 0.3 is 0 Å². The molecule has 6 heteroatoms. The van der Waals surface area contributed by atoms with E-state index in [1.54, 1.807) is 0 Å². The van der Waals surface area contributed by atoms with Gasteiger partial charge in [-0.05, 0) is 35.7 Å². The van der Waals surface area contributed by atoms with E-state index in [0.717, 1.165) is 35.5 Å². The molecule has 16 heavy (non-hydrogen) atoms. The van der Waals surface area contributed by atoms with Crippen LogP contribution in [0.2, 0.25) is 0 Å². The van der Waals surface area contributed by atoms with Crippen LogP contribution in [0.25, 0.3) is 0 Å². The van der Waals surface area contributed by atoms with Gasteiger partial charge in [0.1, 0.15) is 4.88 Å². The Morgan fingerprint density at radius 2 is 2.12 bits per heavy atom. The fourth-order valence-electron chi connectivity index (χ4n) is 1.77. The summed E-state index contributed by atoms with van der Waals surface area (Å²) >= 11 is 4.67. The van der Waals surface area contributed by atoms with Gasteiger partial charge in [0.2, 0.25) is 0 Å². The number of piperidine rings is 1. The van der Waals surface area contributed by atoms with E-state index in [-0.39, 0.29) is 5.91 Å². The van der Waals surface area contributed by atoms with Crippen molar-refractivity contribution in [1.29, 1.82) is 0 Å². The quantitative estimate of drug-likeness (QED) is 0.912. The number of nitrogens with one attached hydrogen (secondary N) is 1. The zero-order valence-corrected chi connectivity index (χ0v) is 11.5. The molecule has 1 aromatic rings. The average Bonchev–Trinajstić information content (AvgIpc) is 2.59. The summed E-state index contributed by atoms with van der Waals surface area (Å²) in [6.07, 6.45) is 3.58. The molecule has 0 bridgehead atoms. The minimum Gasteiger partial charge on any atom is -0.284 e. The number of halogens is 1. The normalized spacial score (nSPS) is 17.4. The fourth-order valence-corrected chi connectivity index (χ4v) is 3.21. The Kier molecular flexibility index (Phi) is 3.94. The summed E-state index contributed by atoms with van der Waals surface area (Å²) < 4.78 is 0.758. The highest BCUT2D eigenvalue weighted by Gasteiger charge is 2.18.